The summed E-state index contributed by atoms with van der Waals surface area (Å²) in [4.78, 5) is 6.63. The lowest BCUT2D eigenvalue weighted by Gasteiger charge is -2.25. The van der Waals surface area contributed by atoms with Crippen molar-refractivity contribution in [1.29, 1.82) is 0 Å². The summed E-state index contributed by atoms with van der Waals surface area (Å²) in [6, 6.07) is 12.9. The first kappa shape index (κ1) is 25.4. The number of nitrogens with one attached hydrogen (secondary N) is 2. The molecule has 1 aromatic heterocycles. The molecule has 0 bridgehead atoms. The molecule has 0 aliphatic carbocycles. The highest BCUT2D eigenvalue weighted by Crippen LogP contribution is 2.22. The van der Waals surface area contributed by atoms with E-state index in [1.54, 1.807) is 7.05 Å². The monoisotopic (exact) mass is 513 g/mol. The summed E-state index contributed by atoms with van der Waals surface area (Å²) in [5.74, 6) is 2.07. The van der Waals surface area contributed by atoms with Crippen LogP contribution in [0.5, 0.6) is 0 Å². The van der Waals surface area contributed by atoms with Crippen LogP contribution in [0.4, 0.5) is 0 Å². The van der Waals surface area contributed by atoms with Gasteiger partial charge in [0.05, 0.1) is 12.2 Å². The van der Waals surface area contributed by atoms with Crippen molar-refractivity contribution in [3.63, 3.8) is 0 Å². The van der Waals surface area contributed by atoms with Gasteiger partial charge in [-0.05, 0) is 32.4 Å². The topological polar surface area (TPSA) is 65.7 Å². The van der Waals surface area contributed by atoms with Crippen molar-refractivity contribution in [1.82, 2.24) is 20.7 Å². The van der Waals surface area contributed by atoms with E-state index in [4.69, 9.17) is 4.52 Å². The molecule has 0 saturated carbocycles. The first-order chi connectivity index (χ1) is 13.6. The Balaban J connectivity index is 0.00000420. The fraction of sp³-hybridized carbons (Fsp3) is 0.545. The number of hydrogen-bond acceptors (Lipinski definition) is 4. The molecule has 2 rings (SSSR count). The number of aromatic nitrogens is 1. The second kappa shape index (κ2) is 13.6. The van der Waals surface area contributed by atoms with Gasteiger partial charge < -0.3 is 15.2 Å². The molecule has 7 heteroatoms. The highest BCUT2D eigenvalue weighted by atomic mass is 127. The number of aliphatic imine (C=N–C) groups is 1. The van der Waals surface area contributed by atoms with Gasteiger partial charge in [-0.2, -0.15) is 0 Å². The maximum Gasteiger partial charge on any atom is 0.191 e. The van der Waals surface area contributed by atoms with E-state index in [9.17, 15) is 0 Å². The number of likely N-dealkylation sites (N-methyl/N-ethyl adjacent to an activating group) is 1. The van der Waals surface area contributed by atoms with Gasteiger partial charge in [-0.3, -0.25) is 9.89 Å². The van der Waals surface area contributed by atoms with Crippen LogP contribution in [0, 0.1) is 0 Å². The fourth-order valence-electron chi connectivity index (χ4n) is 3.13. The van der Waals surface area contributed by atoms with E-state index in [1.807, 2.05) is 12.1 Å². The summed E-state index contributed by atoms with van der Waals surface area (Å²) < 4.78 is 5.47. The van der Waals surface area contributed by atoms with Crippen molar-refractivity contribution in [3.8, 4) is 0 Å². The molecule has 0 fully saturated rings. The van der Waals surface area contributed by atoms with Gasteiger partial charge >= 0.3 is 0 Å². The van der Waals surface area contributed by atoms with Crippen LogP contribution in [0.3, 0.4) is 0 Å². The number of guanidine groups is 1. The first-order valence-corrected chi connectivity index (χ1v) is 10.2. The number of rotatable bonds is 10. The van der Waals surface area contributed by atoms with Crippen molar-refractivity contribution >= 4 is 29.9 Å². The number of hydrogen-bond donors (Lipinski definition) is 2. The van der Waals surface area contributed by atoms with Gasteiger partial charge in [0.15, 0.2) is 11.7 Å². The fourth-order valence-corrected chi connectivity index (χ4v) is 3.13. The molecular formula is C22H36IN5O. The van der Waals surface area contributed by atoms with Crippen LogP contribution in [-0.2, 0) is 13.1 Å². The van der Waals surface area contributed by atoms with E-state index in [0.29, 0.717) is 18.5 Å². The third kappa shape index (κ3) is 8.34. The van der Waals surface area contributed by atoms with Gasteiger partial charge in [0, 0.05) is 38.2 Å². The molecular weight excluding hydrogens is 477 g/mol. The lowest BCUT2D eigenvalue weighted by Crippen LogP contribution is -2.44. The van der Waals surface area contributed by atoms with Gasteiger partial charge in [0.2, 0.25) is 0 Å². The van der Waals surface area contributed by atoms with Gasteiger partial charge in [0.1, 0.15) is 0 Å². The van der Waals surface area contributed by atoms with E-state index >= 15 is 0 Å². The van der Waals surface area contributed by atoms with Gasteiger partial charge in [-0.1, -0.05) is 49.3 Å². The Kier molecular flexibility index (Phi) is 11.9. The second-order valence-corrected chi connectivity index (χ2v) is 7.29. The van der Waals surface area contributed by atoms with Crippen LogP contribution in [0.2, 0.25) is 0 Å². The van der Waals surface area contributed by atoms with Gasteiger partial charge in [-0.25, -0.2) is 0 Å². The molecule has 0 aliphatic heterocycles. The molecule has 6 nitrogen and oxygen atoms in total. The highest BCUT2D eigenvalue weighted by Gasteiger charge is 2.14. The minimum absolute atomic E-state index is 0. The Morgan fingerprint density at radius 2 is 1.86 bits per heavy atom. The van der Waals surface area contributed by atoms with E-state index < -0.39 is 0 Å². The zero-order valence-electron chi connectivity index (χ0n) is 18.3. The Morgan fingerprint density at radius 1 is 1.17 bits per heavy atom. The van der Waals surface area contributed by atoms with Crippen molar-refractivity contribution in [3.05, 3.63) is 53.4 Å². The molecule has 1 aromatic carbocycles. The van der Waals surface area contributed by atoms with Crippen molar-refractivity contribution in [2.24, 2.45) is 4.99 Å². The SMILES string of the molecule is CCC(CC)c1cc(CNC(=NC)NCC(C)N(C)Cc2ccccc2)on1.I. The molecule has 1 heterocycles. The second-order valence-electron chi connectivity index (χ2n) is 7.29. The maximum absolute atomic E-state index is 5.47. The quantitative estimate of drug-likeness (QED) is 0.281. The molecule has 2 aromatic rings. The molecule has 0 radical (unpaired) electrons. The minimum Gasteiger partial charge on any atom is -0.359 e. The van der Waals surface area contributed by atoms with Crippen LogP contribution in [-0.4, -0.2) is 42.7 Å². The highest BCUT2D eigenvalue weighted by molar-refractivity contribution is 14.0. The zero-order chi connectivity index (χ0) is 20.4. The molecule has 2 N–H and O–H groups in total. The Morgan fingerprint density at radius 3 is 2.48 bits per heavy atom. The van der Waals surface area contributed by atoms with E-state index in [0.717, 1.165) is 43.3 Å². The molecule has 0 saturated heterocycles. The summed E-state index contributed by atoms with van der Waals surface area (Å²) in [5, 5.41) is 10.9. The molecule has 0 aliphatic rings. The number of halogens is 1. The summed E-state index contributed by atoms with van der Waals surface area (Å²) in [6.07, 6.45) is 2.15. The first-order valence-electron chi connectivity index (χ1n) is 10.2. The van der Waals surface area contributed by atoms with Gasteiger partial charge in [0.25, 0.3) is 0 Å². The lowest BCUT2D eigenvalue weighted by atomic mass is 9.99. The van der Waals surface area contributed by atoms with Gasteiger partial charge in [-0.15, -0.1) is 24.0 Å². The zero-order valence-corrected chi connectivity index (χ0v) is 20.6. The predicted molar refractivity (Wildman–Crippen MR) is 131 cm³/mol. The van der Waals surface area contributed by atoms with Crippen LogP contribution in [0.1, 0.15) is 56.5 Å². The van der Waals surface area contributed by atoms with Crippen molar-refractivity contribution < 1.29 is 4.52 Å². The standard InChI is InChI=1S/C22H35N5O.HI/c1-6-19(7-2)21-13-20(28-26-21)15-25-22(23-4)24-14-17(3)27(5)16-18-11-9-8-10-12-18;/h8-13,17,19H,6-7,14-16H2,1-5H3,(H2,23,24,25);1H. The van der Waals surface area contributed by atoms with E-state index in [-0.39, 0.29) is 24.0 Å². The Bertz CT molecular complexity index is 715. The molecule has 1 unspecified atom stereocenters. The van der Waals surface area contributed by atoms with Crippen molar-refractivity contribution in [2.45, 2.75) is 58.7 Å². The minimum atomic E-state index is 0. The van der Waals surface area contributed by atoms with E-state index in [1.165, 1.54) is 5.56 Å². The molecule has 29 heavy (non-hydrogen) atoms. The average molecular weight is 513 g/mol. The summed E-state index contributed by atoms with van der Waals surface area (Å²) in [6.45, 7) is 8.87. The normalized spacial score (nSPS) is 12.7. The summed E-state index contributed by atoms with van der Waals surface area (Å²) >= 11 is 0. The number of nitrogens with zero attached hydrogens (tertiary/aromatic N) is 3. The lowest BCUT2D eigenvalue weighted by molar-refractivity contribution is 0.249. The Hall–Kier alpha value is -1.61. The third-order valence-electron chi connectivity index (χ3n) is 5.23. The average Bonchev–Trinajstić information content (AvgIpc) is 3.18. The van der Waals surface area contributed by atoms with Crippen molar-refractivity contribution in [2.75, 3.05) is 20.6 Å². The molecule has 0 amide bonds. The van der Waals surface area contributed by atoms with Crippen LogP contribution in [0.15, 0.2) is 45.9 Å². The Labute approximate surface area is 192 Å². The van der Waals surface area contributed by atoms with Crippen LogP contribution in [0.25, 0.3) is 0 Å². The molecule has 162 valence electrons. The predicted octanol–water partition coefficient (Wildman–Crippen LogP) is 4.38. The smallest absolute Gasteiger partial charge is 0.191 e. The molecule has 1 atom stereocenters. The summed E-state index contributed by atoms with van der Waals surface area (Å²) in [7, 11) is 3.92. The largest absolute Gasteiger partial charge is 0.359 e. The summed E-state index contributed by atoms with van der Waals surface area (Å²) in [5.41, 5.74) is 2.36. The van der Waals surface area contributed by atoms with Crippen LogP contribution < -0.4 is 10.6 Å². The van der Waals surface area contributed by atoms with E-state index in [2.05, 4.69) is 77.8 Å². The third-order valence-corrected chi connectivity index (χ3v) is 5.23. The maximum atomic E-state index is 5.47. The number of benzene rings is 1. The van der Waals surface area contributed by atoms with Crippen LogP contribution >= 0.6 is 24.0 Å². The molecule has 0 spiro atoms.